The molecule has 152 valence electrons. The molecule has 0 aromatic carbocycles. The molecule has 1 heterocycles. The molecule has 3 fully saturated rings. The van der Waals surface area contributed by atoms with Gasteiger partial charge in [-0.2, -0.15) is 0 Å². The molecule has 0 aromatic heterocycles. The lowest BCUT2D eigenvalue weighted by molar-refractivity contribution is -0.204. The van der Waals surface area contributed by atoms with Crippen LogP contribution >= 0.6 is 0 Å². The Labute approximate surface area is 167 Å². The predicted molar refractivity (Wildman–Crippen MR) is 106 cm³/mol. The Bertz CT molecular complexity index is 836. The Morgan fingerprint density at radius 1 is 1.18 bits per heavy atom. The van der Waals surface area contributed by atoms with E-state index >= 15 is 0 Å². The number of Topliss-reactive ketones (excluding diaryl/α,β-unsaturated/α-hetero) is 1. The zero-order valence-corrected chi connectivity index (χ0v) is 17.8. The molecule has 4 unspecified atom stereocenters. The summed E-state index contributed by atoms with van der Waals surface area (Å²) in [6.07, 6.45) is 9.50. The van der Waals surface area contributed by atoms with E-state index in [0.29, 0.717) is 18.3 Å². The molecule has 1 aliphatic heterocycles. The molecular weight excluding hydrogens is 352 g/mol. The third-order valence-corrected chi connectivity index (χ3v) is 8.85. The first kappa shape index (κ1) is 18.7. The van der Waals surface area contributed by atoms with Crippen molar-refractivity contribution in [3.8, 4) is 0 Å². The van der Waals surface area contributed by atoms with Crippen molar-refractivity contribution in [3.63, 3.8) is 0 Å². The van der Waals surface area contributed by atoms with Crippen LogP contribution in [0.15, 0.2) is 23.3 Å². The Balaban J connectivity index is 1.60. The lowest BCUT2D eigenvalue weighted by atomic mass is 9.50. The molecule has 6 atom stereocenters. The fraction of sp³-hybridized carbons (Fsp3) is 0.750. The summed E-state index contributed by atoms with van der Waals surface area (Å²) >= 11 is 0. The summed E-state index contributed by atoms with van der Waals surface area (Å²) in [5.74, 6) is 0.504. The van der Waals surface area contributed by atoms with E-state index < -0.39 is 11.4 Å². The molecule has 0 N–H and O–H groups in total. The second-order valence-electron chi connectivity index (χ2n) is 10.6. The number of rotatable bonds is 1. The first-order chi connectivity index (χ1) is 13.0. The van der Waals surface area contributed by atoms with Gasteiger partial charge in [0.1, 0.15) is 0 Å². The normalized spacial score (nSPS) is 48.8. The van der Waals surface area contributed by atoms with E-state index in [1.165, 1.54) is 11.1 Å². The number of allylic oxidation sites excluding steroid dienone is 4. The predicted octanol–water partition coefficient (Wildman–Crippen LogP) is 4.53. The smallest absolute Gasteiger partial charge is 0.164 e. The molecule has 0 spiro atoms. The van der Waals surface area contributed by atoms with E-state index in [9.17, 15) is 9.59 Å². The number of hydrogen-bond donors (Lipinski definition) is 0. The maximum absolute atomic E-state index is 13.0. The largest absolute Gasteiger partial charge is 0.344 e. The van der Waals surface area contributed by atoms with Crippen LogP contribution in [0.2, 0.25) is 0 Å². The van der Waals surface area contributed by atoms with Crippen LogP contribution in [0.25, 0.3) is 0 Å². The van der Waals surface area contributed by atoms with Crippen molar-refractivity contribution in [2.24, 2.45) is 22.7 Å². The van der Waals surface area contributed by atoms with Crippen molar-refractivity contribution in [1.29, 1.82) is 0 Å². The van der Waals surface area contributed by atoms with Crippen molar-refractivity contribution in [1.82, 2.24) is 0 Å². The van der Waals surface area contributed by atoms with E-state index in [4.69, 9.17) is 9.47 Å². The van der Waals surface area contributed by atoms with Crippen molar-refractivity contribution in [3.05, 3.63) is 23.3 Å². The molecule has 4 aliphatic carbocycles. The summed E-state index contributed by atoms with van der Waals surface area (Å²) in [5.41, 5.74) is 1.76. The van der Waals surface area contributed by atoms with Crippen molar-refractivity contribution in [2.75, 3.05) is 0 Å². The van der Waals surface area contributed by atoms with Gasteiger partial charge in [-0.1, -0.05) is 31.1 Å². The Morgan fingerprint density at radius 3 is 2.64 bits per heavy atom. The van der Waals surface area contributed by atoms with Gasteiger partial charge in [-0.05, 0) is 70.8 Å². The van der Waals surface area contributed by atoms with Gasteiger partial charge in [0, 0.05) is 17.3 Å². The molecule has 0 aromatic rings. The van der Waals surface area contributed by atoms with Gasteiger partial charge in [-0.25, -0.2) is 0 Å². The number of carbonyl (C=O) groups is 2. The number of ketones is 2. The van der Waals surface area contributed by atoms with Crippen LogP contribution in [0.1, 0.15) is 73.1 Å². The quantitative estimate of drug-likeness (QED) is 0.624. The third-order valence-electron chi connectivity index (χ3n) is 8.85. The van der Waals surface area contributed by atoms with Crippen LogP contribution in [0.5, 0.6) is 0 Å². The maximum atomic E-state index is 13.0. The van der Waals surface area contributed by atoms with E-state index in [0.717, 1.165) is 32.1 Å². The molecule has 0 bridgehead atoms. The number of ether oxygens (including phenoxy) is 2. The van der Waals surface area contributed by atoms with Crippen LogP contribution in [-0.2, 0) is 19.1 Å². The molecule has 2 saturated carbocycles. The van der Waals surface area contributed by atoms with Gasteiger partial charge >= 0.3 is 0 Å². The van der Waals surface area contributed by atoms with Gasteiger partial charge in [0.25, 0.3) is 0 Å². The Hall–Kier alpha value is -1.26. The first-order valence-electron chi connectivity index (χ1n) is 10.9. The minimum Gasteiger partial charge on any atom is -0.344 e. The Morgan fingerprint density at radius 2 is 1.93 bits per heavy atom. The molecule has 28 heavy (non-hydrogen) atoms. The number of hydrogen-bond acceptors (Lipinski definition) is 4. The highest BCUT2D eigenvalue weighted by Crippen LogP contribution is 2.69. The average Bonchev–Trinajstić information content (AvgIpc) is 3.02. The monoisotopic (exact) mass is 384 g/mol. The van der Waals surface area contributed by atoms with Gasteiger partial charge in [-0.3, -0.25) is 9.59 Å². The summed E-state index contributed by atoms with van der Waals surface area (Å²) in [6, 6.07) is 0. The van der Waals surface area contributed by atoms with Gasteiger partial charge in [0.05, 0.1) is 6.10 Å². The highest BCUT2D eigenvalue weighted by Gasteiger charge is 2.74. The van der Waals surface area contributed by atoms with Crippen LogP contribution in [0.3, 0.4) is 0 Å². The zero-order valence-electron chi connectivity index (χ0n) is 17.8. The fourth-order valence-corrected chi connectivity index (χ4v) is 7.61. The lowest BCUT2D eigenvalue weighted by Gasteiger charge is -2.55. The summed E-state index contributed by atoms with van der Waals surface area (Å²) in [4.78, 5) is 25.0. The standard InChI is InChI=1S/C24H32O4/c1-14(25)24-20(27-21(2,3)28-24)13-19-17-7-6-15-12-16(26)8-10-22(15,4)18(17)9-11-23(19,24)5/h9,12,17,19-20H,6-8,10-11,13H2,1-5H3/t17?,19?,20-,22?,23?,24-/m1/s1. The third kappa shape index (κ3) is 2.09. The van der Waals surface area contributed by atoms with Gasteiger partial charge in [-0.15, -0.1) is 0 Å². The summed E-state index contributed by atoms with van der Waals surface area (Å²) in [6.45, 7) is 10.1. The molecule has 5 rings (SSSR count). The summed E-state index contributed by atoms with van der Waals surface area (Å²) < 4.78 is 12.8. The zero-order chi connectivity index (χ0) is 20.1. The second-order valence-corrected chi connectivity index (χ2v) is 10.6. The SMILES string of the molecule is CC(=O)[C@@]12OC(C)(C)O[C@@H]1CC1C3CCC4=CC(=O)CCC4(C)C3=CCC12C. The van der Waals surface area contributed by atoms with Gasteiger partial charge in [0.2, 0.25) is 0 Å². The topological polar surface area (TPSA) is 52.6 Å². The van der Waals surface area contributed by atoms with E-state index in [2.05, 4.69) is 19.9 Å². The molecule has 1 saturated heterocycles. The van der Waals surface area contributed by atoms with Crippen LogP contribution in [0.4, 0.5) is 0 Å². The fourth-order valence-electron chi connectivity index (χ4n) is 7.61. The summed E-state index contributed by atoms with van der Waals surface area (Å²) in [7, 11) is 0. The molecule has 4 heteroatoms. The molecule has 0 amide bonds. The second kappa shape index (κ2) is 5.46. The Kier molecular flexibility index (Phi) is 3.65. The number of fused-ring (bicyclic) bond motifs is 7. The number of carbonyl (C=O) groups excluding carboxylic acids is 2. The van der Waals surface area contributed by atoms with E-state index in [1.54, 1.807) is 6.92 Å². The van der Waals surface area contributed by atoms with Crippen LogP contribution < -0.4 is 0 Å². The minimum atomic E-state index is -0.844. The van der Waals surface area contributed by atoms with Crippen molar-refractivity contribution in [2.45, 2.75) is 90.6 Å². The van der Waals surface area contributed by atoms with E-state index in [1.807, 2.05) is 19.9 Å². The minimum absolute atomic E-state index is 0.0141. The van der Waals surface area contributed by atoms with Crippen molar-refractivity contribution < 1.29 is 19.1 Å². The molecular formula is C24H32O4. The van der Waals surface area contributed by atoms with Crippen LogP contribution in [0, 0.1) is 22.7 Å². The van der Waals surface area contributed by atoms with E-state index in [-0.39, 0.29) is 28.5 Å². The first-order valence-corrected chi connectivity index (χ1v) is 10.9. The van der Waals surface area contributed by atoms with Gasteiger partial charge in [0.15, 0.2) is 23.0 Å². The molecule has 0 radical (unpaired) electrons. The maximum Gasteiger partial charge on any atom is 0.164 e. The van der Waals surface area contributed by atoms with Crippen LogP contribution in [-0.4, -0.2) is 29.1 Å². The molecule has 5 aliphatic rings. The lowest BCUT2D eigenvalue weighted by Crippen LogP contribution is -2.57. The molecule has 4 nitrogen and oxygen atoms in total. The van der Waals surface area contributed by atoms with Gasteiger partial charge < -0.3 is 9.47 Å². The summed E-state index contributed by atoms with van der Waals surface area (Å²) in [5, 5.41) is 0. The highest BCUT2D eigenvalue weighted by atomic mass is 16.8. The average molecular weight is 385 g/mol. The van der Waals surface area contributed by atoms with Crippen molar-refractivity contribution >= 4 is 11.6 Å². The highest BCUT2D eigenvalue weighted by molar-refractivity contribution is 5.92.